The lowest BCUT2D eigenvalue weighted by Gasteiger charge is -2.27. The molecule has 0 aliphatic carbocycles. The van der Waals surface area contributed by atoms with Crippen LogP contribution >= 0.6 is 23.5 Å². The molecule has 25 heavy (non-hydrogen) atoms. The quantitative estimate of drug-likeness (QED) is 0.430. The molecule has 0 bridgehead atoms. The molecule has 1 rings (SSSR count). The van der Waals surface area contributed by atoms with Gasteiger partial charge in [-0.3, -0.25) is 14.4 Å². The van der Waals surface area contributed by atoms with Gasteiger partial charge in [0.1, 0.15) is 24.3 Å². The summed E-state index contributed by atoms with van der Waals surface area (Å²) in [5, 5.41) is -0.0979. The molecule has 0 aromatic heterocycles. The van der Waals surface area contributed by atoms with E-state index in [0.29, 0.717) is 0 Å². The van der Waals surface area contributed by atoms with Gasteiger partial charge >= 0.3 is 17.9 Å². The molecule has 9 heteroatoms. The van der Waals surface area contributed by atoms with E-state index in [9.17, 15) is 14.4 Å². The first kappa shape index (κ1) is 22.1. The van der Waals surface area contributed by atoms with Crippen molar-refractivity contribution in [3.05, 3.63) is 0 Å². The second-order valence-corrected chi connectivity index (χ2v) is 8.20. The zero-order valence-electron chi connectivity index (χ0n) is 15.2. The van der Waals surface area contributed by atoms with Gasteiger partial charge in [-0.05, 0) is 11.5 Å². The summed E-state index contributed by atoms with van der Waals surface area (Å²) in [6, 6.07) is 0. The van der Waals surface area contributed by atoms with Crippen LogP contribution in [0.15, 0.2) is 0 Å². The summed E-state index contributed by atoms with van der Waals surface area (Å²) >= 11 is 3.23. The van der Waals surface area contributed by atoms with E-state index in [-0.39, 0.29) is 17.3 Å². The number of carbonyl (C=O) groups excluding carboxylic acids is 3. The summed E-state index contributed by atoms with van der Waals surface area (Å²) < 4.78 is 21.9. The monoisotopic (exact) mass is 394 g/mol. The van der Waals surface area contributed by atoms with Crippen LogP contribution in [0.3, 0.4) is 0 Å². The van der Waals surface area contributed by atoms with E-state index in [1.165, 1.54) is 20.8 Å². The molecule has 5 atom stereocenters. The summed E-state index contributed by atoms with van der Waals surface area (Å²) in [6.45, 7) is 7.75. The maximum atomic E-state index is 11.6. The van der Waals surface area contributed by atoms with E-state index in [4.69, 9.17) is 18.9 Å². The van der Waals surface area contributed by atoms with Gasteiger partial charge in [0.05, 0.1) is 5.25 Å². The molecule has 1 aliphatic rings. The van der Waals surface area contributed by atoms with Crippen LogP contribution in [-0.4, -0.2) is 65.0 Å². The number of thioether (sulfide) groups is 2. The third kappa shape index (κ3) is 7.07. The number of hydrogen-bond donors (Lipinski definition) is 0. The molecule has 0 N–H and O–H groups in total. The van der Waals surface area contributed by atoms with Crippen molar-refractivity contribution in [3.8, 4) is 0 Å². The van der Waals surface area contributed by atoms with E-state index < -0.39 is 36.2 Å². The molecule has 0 spiro atoms. The van der Waals surface area contributed by atoms with Crippen LogP contribution in [0.4, 0.5) is 0 Å². The standard InChI is InChI=1S/C16H26O7S2/c1-6-24-15-14(22-11(5)19)13(23-16(15)25-7-2)12(21-10(4)18)8-20-9(3)17/h12-16H,6-8H2,1-5H3/t12-,13-,14+,15+,16-/m1/s1. The largest absolute Gasteiger partial charge is 0.462 e. The van der Waals surface area contributed by atoms with Gasteiger partial charge < -0.3 is 18.9 Å². The third-order valence-corrected chi connectivity index (χ3v) is 5.81. The maximum Gasteiger partial charge on any atom is 0.303 e. The molecule has 0 aromatic rings. The van der Waals surface area contributed by atoms with Crippen LogP contribution in [0.25, 0.3) is 0 Å². The van der Waals surface area contributed by atoms with Crippen molar-refractivity contribution < 1.29 is 33.3 Å². The van der Waals surface area contributed by atoms with Crippen molar-refractivity contribution in [2.45, 2.75) is 63.6 Å². The first-order valence-corrected chi connectivity index (χ1v) is 10.3. The minimum Gasteiger partial charge on any atom is -0.462 e. The lowest BCUT2D eigenvalue weighted by atomic mass is 10.1. The Kier molecular flexibility index (Phi) is 9.66. The molecule has 1 heterocycles. The normalized spacial score (nSPS) is 26.8. The average Bonchev–Trinajstić information content (AvgIpc) is 2.81. The van der Waals surface area contributed by atoms with E-state index in [1.54, 1.807) is 23.5 Å². The van der Waals surface area contributed by atoms with Crippen LogP contribution in [0, 0.1) is 0 Å². The number of carbonyl (C=O) groups is 3. The minimum atomic E-state index is -0.840. The Morgan fingerprint density at radius 1 is 1.00 bits per heavy atom. The average molecular weight is 395 g/mol. The highest BCUT2D eigenvalue weighted by Crippen LogP contribution is 2.40. The number of ether oxygens (including phenoxy) is 4. The lowest BCUT2D eigenvalue weighted by Crippen LogP contribution is -2.45. The highest BCUT2D eigenvalue weighted by molar-refractivity contribution is 8.03. The van der Waals surface area contributed by atoms with Crippen LogP contribution < -0.4 is 0 Å². The Balaban J connectivity index is 3.06. The molecule has 7 nitrogen and oxygen atoms in total. The molecule has 0 unspecified atom stereocenters. The Morgan fingerprint density at radius 2 is 1.64 bits per heavy atom. The highest BCUT2D eigenvalue weighted by Gasteiger charge is 2.51. The first-order chi connectivity index (χ1) is 11.8. The predicted molar refractivity (Wildman–Crippen MR) is 96.5 cm³/mol. The smallest absolute Gasteiger partial charge is 0.303 e. The van der Waals surface area contributed by atoms with Crippen LogP contribution in [0.1, 0.15) is 34.6 Å². The van der Waals surface area contributed by atoms with E-state index in [2.05, 4.69) is 0 Å². The van der Waals surface area contributed by atoms with Gasteiger partial charge in [-0.2, -0.15) is 11.8 Å². The van der Waals surface area contributed by atoms with Gasteiger partial charge in [-0.25, -0.2) is 0 Å². The summed E-state index contributed by atoms with van der Waals surface area (Å²) in [7, 11) is 0. The molecule has 0 amide bonds. The first-order valence-electron chi connectivity index (χ1n) is 8.16. The van der Waals surface area contributed by atoms with E-state index >= 15 is 0 Å². The van der Waals surface area contributed by atoms with E-state index in [1.807, 2.05) is 13.8 Å². The summed E-state index contributed by atoms with van der Waals surface area (Å²) in [5.41, 5.74) is -0.209. The van der Waals surface area contributed by atoms with Crippen LogP contribution in [-0.2, 0) is 33.3 Å². The zero-order valence-corrected chi connectivity index (χ0v) is 16.8. The fourth-order valence-corrected chi connectivity index (χ4v) is 4.91. The molecule has 0 radical (unpaired) electrons. The van der Waals surface area contributed by atoms with Gasteiger partial charge in [-0.15, -0.1) is 11.8 Å². The topological polar surface area (TPSA) is 88.1 Å². The second-order valence-electron chi connectivity index (χ2n) is 5.37. The van der Waals surface area contributed by atoms with Crippen molar-refractivity contribution in [2.24, 2.45) is 0 Å². The van der Waals surface area contributed by atoms with Crippen LogP contribution in [0.2, 0.25) is 0 Å². The van der Waals surface area contributed by atoms with Gasteiger partial charge in [0.25, 0.3) is 0 Å². The van der Waals surface area contributed by atoms with Crippen molar-refractivity contribution >= 4 is 41.4 Å². The molecular weight excluding hydrogens is 368 g/mol. The highest BCUT2D eigenvalue weighted by atomic mass is 32.2. The van der Waals surface area contributed by atoms with Crippen LogP contribution in [0.5, 0.6) is 0 Å². The molecule has 1 aliphatic heterocycles. The van der Waals surface area contributed by atoms with Crippen molar-refractivity contribution in [2.75, 3.05) is 18.1 Å². The summed E-state index contributed by atoms with van der Waals surface area (Å²) in [5.74, 6) is 0.206. The van der Waals surface area contributed by atoms with Gasteiger partial charge in [0, 0.05) is 20.8 Å². The summed E-state index contributed by atoms with van der Waals surface area (Å²) in [4.78, 5) is 34.2. The van der Waals surface area contributed by atoms with Gasteiger partial charge in [0.2, 0.25) is 0 Å². The molecule has 1 saturated heterocycles. The Labute approximate surface area is 156 Å². The predicted octanol–water partition coefficient (Wildman–Crippen LogP) is 2.01. The van der Waals surface area contributed by atoms with E-state index in [0.717, 1.165) is 11.5 Å². The molecule has 1 fully saturated rings. The molecule has 144 valence electrons. The molecule has 0 saturated carbocycles. The maximum absolute atomic E-state index is 11.6. The Hall–Kier alpha value is -0.930. The second kappa shape index (κ2) is 10.9. The third-order valence-electron chi connectivity index (χ3n) is 3.33. The Bertz CT molecular complexity index is 471. The number of hydrogen-bond acceptors (Lipinski definition) is 9. The van der Waals surface area contributed by atoms with Gasteiger partial charge in [0.15, 0.2) is 6.10 Å². The van der Waals surface area contributed by atoms with Crippen molar-refractivity contribution in [1.29, 1.82) is 0 Å². The minimum absolute atomic E-state index is 0.0979. The number of rotatable bonds is 9. The van der Waals surface area contributed by atoms with Gasteiger partial charge in [-0.1, -0.05) is 13.8 Å². The number of esters is 3. The molecule has 0 aromatic carbocycles. The zero-order chi connectivity index (χ0) is 19.0. The SMILES string of the molecule is CCS[C@H]1[C@@H](OC(C)=O)[C@@H]([C@@H](COC(C)=O)OC(C)=O)O[C@@H]1SCC. The van der Waals surface area contributed by atoms with Crippen molar-refractivity contribution in [3.63, 3.8) is 0 Å². The molecular formula is C16H26O7S2. The Morgan fingerprint density at radius 3 is 2.12 bits per heavy atom. The summed E-state index contributed by atoms with van der Waals surface area (Å²) in [6.07, 6.45) is -2.13. The fraction of sp³-hybridized carbons (Fsp3) is 0.812. The fourth-order valence-electron chi connectivity index (χ4n) is 2.55. The lowest BCUT2D eigenvalue weighted by molar-refractivity contribution is -0.172. The van der Waals surface area contributed by atoms with Crippen molar-refractivity contribution in [1.82, 2.24) is 0 Å².